The highest BCUT2D eigenvalue weighted by Gasteiger charge is 2.23. The van der Waals surface area contributed by atoms with Gasteiger partial charge in [-0.25, -0.2) is 0 Å². The van der Waals surface area contributed by atoms with Crippen LogP contribution in [0.3, 0.4) is 0 Å². The lowest BCUT2D eigenvalue weighted by Crippen LogP contribution is -2.30. The summed E-state index contributed by atoms with van der Waals surface area (Å²) >= 11 is 1.88. The molecule has 0 amide bonds. The summed E-state index contributed by atoms with van der Waals surface area (Å²) in [6.45, 7) is 9.56. The minimum absolute atomic E-state index is 0.254. The fourth-order valence-electron chi connectivity index (χ4n) is 1.36. The average Bonchev–Trinajstić information content (AvgIpc) is 2.15. The number of hydrogen-bond acceptors (Lipinski definition) is 2. The van der Waals surface area contributed by atoms with Crippen LogP contribution in [0.5, 0.6) is 0 Å². The summed E-state index contributed by atoms with van der Waals surface area (Å²) < 4.78 is 0. The summed E-state index contributed by atoms with van der Waals surface area (Å²) in [6, 6.07) is 8.65. The van der Waals surface area contributed by atoms with Gasteiger partial charge in [0.25, 0.3) is 0 Å². The van der Waals surface area contributed by atoms with Crippen LogP contribution in [-0.2, 0) is 0 Å². The largest absolute Gasteiger partial charge is 0.329 e. The summed E-state index contributed by atoms with van der Waals surface area (Å²) in [6.07, 6.45) is 0. The van der Waals surface area contributed by atoms with Crippen LogP contribution in [0, 0.1) is 12.3 Å². The van der Waals surface area contributed by atoms with E-state index in [1.165, 1.54) is 10.5 Å². The van der Waals surface area contributed by atoms with Crippen molar-refractivity contribution in [2.75, 3.05) is 6.54 Å². The second-order valence-electron chi connectivity index (χ2n) is 5.02. The predicted molar refractivity (Wildman–Crippen MR) is 69.3 cm³/mol. The Hall–Kier alpha value is -0.470. The summed E-state index contributed by atoms with van der Waals surface area (Å²) in [5.74, 6) is 0. The van der Waals surface area contributed by atoms with Gasteiger partial charge in [-0.1, -0.05) is 38.5 Å². The Kier molecular flexibility index (Phi) is 4.23. The van der Waals surface area contributed by atoms with Crippen molar-refractivity contribution in [1.82, 2.24) is 0 Å². The van der Waals surface area contributed by atoms with E-state index < -0.39 is 0 Å². The Balaban J connectivity index is 2.71. The molecule has 0 aliphatic carbocycles. The van der Waals surface area contributed by atoms with E-state index in [0.717, 1.165) is 6.54 Å². The smallest absolute Gasteiger partial charge is 0.0265 e. The standard InChI is InChI=1S/C13H21NS/c1-10-5-7-11(8-6-10)15-12(9-14)13(2,3)4/h5-8,12H,9,14H2,1-4H3. The number of benzene rings is 1. The van der Waals surface area contributed by atoms with Crippen LogP contribution < -0.4 is 5.73 Å². The molecule has 1 aromatic carbocycles. The van der Waals surface area contributed by atoms with Crippen LogP contribution in [0.2, 0.25) is 0 Å². The van der Waals surface area contributed by atoms with E-state index in [4.69, 9.17) is 5.73 Å². The molecule has 1 nitrogen and oxygen atoms in total. The van der Waals surface area contributed by atoms with Gasteiger partial charge < -0.3 is 5.73 Å². The van der Waals surface area contributed by atoms with E-state index in [0.29, 0.717) is 5.25 Å². The van der Waals surface area contributed by atoms with Crippen molar-refractivity contribution in [2.45, 2.75) is 37.8 Å². The number of aryl methyl sites for hydroxylation is 1. The lowest BCUT2D eigenvalue weighted by molar-refractivity contribution is 0.398. The predicted octanol–water partition coefficient (Wildman–Crippen LogP) is 3.46. The van der Waals surface area contributed by atoms with Gasteiger partial charge in [0.05, 0.1) is 0 Å². The minimum atomic E-state index is 0.254. The topological polar surface area (TPSA) is 26.0 Å². The molecule has 2 N–H and O–H groups in total. The molecule has 0 aliphatic rings. The number of nitrogens with two attached hydrogens (primary N) is 1. The number of hydrogen-bond donors (Lipinski definition) is 1. The first-order valence-electron chi connectivity index (χ1n) is 5.37. The minimum Gasteiger partial charge on any atom is -0.329 e. The first kappa shape index (κ1) is 12.6. The summed E-state index contributed by atoms with van der Waals surface area (Å²) in [5.41, 5.74) is 7.38. The number of thioether (sulfide) groups is 1. The van der Waals surface area contributed by atoms with Gasteiger partial charge in [-0.05, 0) is 24.5 Å². The molecule has 2 heteroatoms. The molecule has 0 heterocycles. The monoisotopic (exact) mass is 223 g/mol. The average molecular weight is 223 g/mol. The maximum atomic E-state index is 5.82. The Morgan fingerprint density at radius 2 is 1.73 bits per heavy atom. The van der Waals surface area contributed by atoms with Gasteiger partial charge in [0.15, 0.2) is 0 Å². The highest BCUT2D eigenvalue weighted by Crippen LogP contribution is 2.34. The lowest BCUT2D eigenvalue weighted by Gasteiger charge is -2.28. The zero-order valence-electron chi connectivity index (χ0n) is 10.1. The zero-order chi connectivity index (χ0) is 11.5. The molecule has 0 aliphatic heterocycles. The van der Waals surface area contributed by atoms with Crippen molar-refractivity contribution in [3.8, 4) is 0 Å². The van der Waals surface area contributed by atoms with Crippen molar-refractivity contribution >= 4 is 11.8 Å². The third-order valence-electron chi connectivity index (χ3n) is 2.48. The molecule has 1 aromatic rings. The zero-order valence-corrected chi connectivity index (χ0v) is 10.9. The van der Waals surface area contributed by atoms with E-state index in [-0.39, 0.29) is 5.41 Å². The second-order valence-corrected chi connectivity index (χ2v) is 6.30. The third-order valence-corrected chi connectivity index (χ3v) is 4.21. The van der Waals surface area contributed by atoms with Gasteiger partial charge in [0.1, 0.15) is 0 Å². The Morgan fingerprint density at radius 3 is 2.13 bits per heavy atom. The summed E-state index contributed by atoms with van der Waals surface area (Å²) in [4.78, 5) is 1.31. The fraction of sp³-hybridized carbons (Fsp3) is 0.538. The van der Waals surface area contributed by atoms with Crippen LogP contribution in [0.25, 0.3) is 0 Å². The SMILES string of the molecule is Cc1ccc(SC(CN)C(C)(C)C)cc1. The molecule has 0 saturated heterocycles. The van der Waals surface area contributed by atoms with E-state index in [1.54, 1.807) is 0 Å². The van der Waals surface area contributed by atoms with Crippen LogP contribution in [-0.4, -0.2) is 11.8 Å². The highest BCUT2D eigenvalue weighted by molar-refractivity contribution is 8.00. The second kappa shape index (κ2) is 5.04. The molecule has 0 saturated carbocycles. The summed E-state index contributed by atoms with van der Waals surface area (Å²) in [7, 11) is 0. The van der Waals surface area contributed by atoms with Crippen molar-refractivity contribution in [3.63, 3.8) is 0 Å². The molecule has 1 atom stereocenters. The fourth-order valence-corrected chi connectivity index (χ4v) is 2.43. The molecule has 0 fully saturated rings. The van der Waals surface area contributed by atoms with Crippen molar-refractivity contribution in [3.05, 3.63) is 29.8 Å². The molecule has 1 unspecified atom stereocenters. The van der Waals surface area contributed by atoms with Gasteiger partial charge in [0, 0.05) is 16.7 Å². The van der Waals surface area contributed by atoms with Crippen LogP contribution in [0.15, 0.2) is 29.2 Å². The van der Waals surface area contributed by atoms with Crippen LogP contribution in [0.4, 0.5) is 0 Å². The Labute approximate surface area is 97.4 Å². The van der Waals surface area contributed by atoms with E-state index in [9.17, 15) is 0 Å². The van der Waals surface area contributed by atoms with E-state index in [1.807, 2.05) is 11.8 Å². The van der Waals surface area contributed by atoms with E-state index in [2.05, 4.69) is 52.0 Å². The molecular weight excluding hydrogens is 202 g/mol. The van der Waals surface area contributed by atoms with Gasteiger partial charge in [0.2, 0.25) is 0 Å². The molecule has 84 valence electrons. The highest BCUT2D eigenvalue weighted by atomic mass is 32.2. The summed E-state index contributed by atoms with van der Waals surface area (Å²) in [5, 5.41) is 0.472. The van der Waals surface area contributed by atoms with Gasteiger partial charge >= 0.3 is 0 Å². The van der Waals surface area contributed by atoms with Crippen molar-refractivity contribution < 1.29 is 0 Å². The molecular formula is C13H21NS. The van der Waals surface area contributed by atoms with Crippen LogP contribution >= 0.6 is 11.8 Å². The molecule has 15 heavy (non-hydrogen) atoms. The third kappa shape index (κ3) is 3.88. The molecule has 0 bridgehead atoms. The normalized spacial score (nSPS) is 13.9. The maximum Gasteiger partial charge on any atom is 0.0265 e. The van der Waals surface area contributed by atoms with Crippen molar-refractivity contribution in [2.24, 2.45) is 11.1 Å². The first-order chi connectivity index (χ1) is 6.93. The van der Waals surface area contributed by atoms with Gasteiger partial charge in [-0.2, -0.15) is 0 Å². The van der Waals surface area contributed by atoms with Crippen molar-refractivity contribution in [1.29, 1.82) is 0 Å². The van der Waals surface area contributed by atoms with Gasteiger partial charge in [-0.3, -0.25) is 0 Å². The Bertz CT molecular complexity index is 297. The molecule has 1 rings (SSSR count). The first-order valence-corrected chi connectivity index (χ1v) is 6.25. The lowest BCUT2D eigenvalue weighted by atomic mass is 9.92. The van der Waals surface area contributed by atoms with Crippen LogP contribution in [0.1, 0.15) is 26.3 Å². The number of rotatable bonds is 3. The quantitative estimate of drug-likeness (QED) is 0.794. The molecule has 0 radical (unpaired) electrons. The Morgan fingerprint density at radius 1 is 1.20 bits per heavy atom. The van der Waals surface area contributed by atoms with E-state index >= 15 is 0 Å². The molecule has 0 aromatic heterocycles. The maximum absolute atomic E-state index is 5.82. The molecule has 0 spiro atoms. The van der Waals surface area contributed by atoms with Gasteiger partial charge in [-0.15, -0.1) is 11.8 Å².